The van der Waals surface area contributed by atoms with Gasteiger partial charge in [0.05, 0.1) is 16.1 Å². The summed E-state index contributed by atoms with van der Waals surface area (Å²) in [6, 6.07) is 13.3. The Balaban J connectivity index is 2.21. The van der Waals surface area contributed by atoms with E-state index in [1.807, 2.05) is 42.6 Å². The van der Waals surface area contributed by atoms with Crippen LogP contribution in [0, 0.1) is 0 Å². The van der Waals surface area contributed by atoms with Gasteiger partial charge >= 0.3 is 0 Å². The quantitative estimate of drug-likeness (QED) is 0.565. The van der Waals surface area contributed by atoms with Gasteiger partial charge in [0.2, 0.25) is 0 Å². The van der Waals surface area contributed by atoms with Crippen molar-refractivity contribution in [2.75, 3.05) is 0 Å². The molecule has 1 atom stereocenters. The predicted molar refractivity (Wildman–Crippen MR) is 87.4 cm³/mol. The van der Waals surface area contributed by atoms with Gasteiger partial charge in [-0.05, 0) is 28.6 Å². The number of hydrazine groups is 1. The Kier molecular flexibility index (Phi) is 4.08. The lowest BCUT2D eigenvalue weighted by Crippen LogP contribution is -2.29. The Morgan fingerprint density at radius 1 is 1.00 bits per heavy atom. The molecule has 3 nitrogen and oxygen atoms in total. The zero-order chi connectivity index (χ0) is 14.8. The molecule has 0 radical (unpaired) electrons. The normalized spacial score (nSPS) is 12.5. The third kappa shape index (κ3) is 2.61. The van der Waals surface area contributed by atoms with Crippen molar-refractivity contribution in [3.8, 4) is 0 Å². The summed E-state index contributed by atoms with van der Waals surface area (Å²) in [7, 11) is 0. The minimum Gasteiger partial charge on any atom is -0.271 e. The maximum absolute atomic E-state index is 6.32. The average molecular weight is 318 g/mol. The number of nitrogens with two attached hydrogens (primary N) is 1. The second kappa shape index (κ2) is 6.00. The van der Waals surface area contributed by atoms with Crippen LogP contribution in [0.5, 0.6) is 0 Å². The van der Waals surface area contributed by atoms with Crippen LogP contribution in [0.1, 0.15) is 17.2 Å². The number of hydrogen-bond acceptors (Lipinski definition) is 3. The first kappa shape index (κ1) is 14.3. The minimum absolute atomic E-state index is 0.260. The number of aromatic nitrogens is 1. The van der Waals surface area contributed by atoms with Crippen molar-refractivity contribution in [1.82, 2.24) is 10.4 Å². The van der Waals surface area contributed by atoms with Crippen LogP contribution in [-0.4, -0.2) is 4.98 Å². The number of fused-ring (bicyclic) bond motifs is 1. The largest absolute Gasteiger partial charge is 0.271 e. The van der Waals surface area contributed by atoms with E-state index in [4.69, 9.17) is 29.0 Å². The Hall–Kier alpha value is -1.65. The summed E-state index contributed by atoms with van der Waals surface area (Å²) in [5.41, 5.74) is 4.67. The minimum atomic E-state index is -0.260. The van der Waals surface area contributed by atoms with E-state index >= 15 is 0 Å². The Morgan fingerprint density at radius 3 is 2.57 bits per heavy atom. The molecule has 0 aliphatic carbocycles. The van der Waals surface area contributed by atoms with Gasteiger partial charge in [-0.2, -0.15) is 0 Å². The number of nitrogens with zero attached hydrogens (tertiary/aromatic N) is 1. The van der Waals surface area contributed by atoms with Crippen LogP contribution in [0.15, 0.2) is 54.9 Å². The highest BCUT2D eigenvalue weighted by Gasteiger charge is 2.19. The number of nitrogens with one attached hydrogen (secondary N) is 1. The molecule has 1 unspecified atom stereocenters. The van der Waals surface area contributed by atoms with Crippen LogP contribution in [0.25, 0.3) is 10.8 Å². The molecule has 3 N–H and O–H groups in total. The van der Waals surface area contributed by atoms with Gasteiger partial charge < -0.3 is 0 Å². The second-order valence-corrected chi connectivity index (χ2v) is 5.47. The summed E-state index contributed by atoms with van der Waals surface area (Å²) in [5, 5.41) is 3.13. The summed E-state index contributed by atoms with van der Waals surface area (Å²) >= 11 is 12.4. The third-order valence-corrected chi connectivity index (χ3v) is 4.32. The molecule has 21 heavy (non-hydrogen) atoms. The molecule has 1 aromatic heterocycles. The molecule has 5 heteroatoms. The summed E-state index contributed by atoms with van der Waals surface area (Å²) < 4.78 is 0. The van der Waals surface area contributed by atoms with Gasteiger partial charge in [-0.1, -0.05) is 53.5 Å². The van der Waals surface area contributed by atoms with Gasteiger partial charge in [-0.3, -0.25) is 10.8 Å². The van der Waals surface area contributed by atoms with E-state index in [0.29, 0.717) is 10.0 Å². The fourth-order valence-electron chi connectivity index (χ4n) is 2.48. The molecular formula is C16H13Cl2N3. The molecular weight excluding hydrogens is 305 g/mol. The van der Waals surface area contributed by atoms with Crippen LogP contribution >= 0.6 is 23.2 Å². The molecule has 0 saturated heterocycles. The Bertz CT molecular complexity index is 784. The first-order chi connectivity index (χ1) is 10.2. The monoisotopic (exact) mass is 317 g/mol. The highest BCUT2D eigenvalue weighted by Crippen LogP contribution is 2.35. The topological polar surface area (TPSA) is 50.9 Å². The second-order valence-electron chi connectivity index (χ2n) is 4.69. The van der Waals surface area contributed by atoms with E-state index in [-0.39, 0.29) is 6.04 Å². The molecule has 1 heterocycles. The van der Waals surface area contributed by atoms with Crippen LogP contribution in [0.3, 0.4) is 0 Å². The molecule has 0 saturated carbocycles. The van der Waals surface area contributed by atoms with Crippen molar-refractivity contribution in [2.45, 2.75) is 6.04 Å². The van der Waals surface area contributed by atoms with Crippen molar-refractivity contribution in [2.24, 2.45) is 5.84 Å². The SMILES string of the molecule is NNC(c1cccc(Cl)c1Cl)c1cccc2ccncc12. The molecule has 0 bridgehead atoms. The number of pyridine rings is 1. The van der Waals surface area contributed by atoms with Gasteiger partial charge in [-0.25, -0.2) is 5.43 Å². The van der Waals surface area contributed by atoms with E-state index in [9.17, 15) is 0 Å². The van der Waals surface area contributed by atoms with E-state index in [1.165, 1.54) is 0 Å². The lowest BCUT2D eigenvalue weighted by molar-refractivity contribution is 0.641. The molecule has 0 aliphatic heterocycles. The lowest BCUT2D eigenvalue weighted by atomic mass is 9.95. The maximum Gasteiger partial charge on any atom is 0.0731 e. The molecule has 0 fully saturated rings. The number of rotatable bonds is 3. The summed E-state index contributed by atoms with van der Waals surface area (Å²) in [6.45, 7) is 0. The number of benzene rings is 2. The maximum atomic E-state index is 6.32. The summed E-state index contributed by atoms with van der Waals surface area (Å²) in [6.07, 6.45) is 3.59. The van der Waals surface area contributed by atoms with Gasteiger partial charge in [0.15, 0.2) is 0 Å². The highest BCUT2D eigenvalue weighted by molar-refractivity contribution is 6.42. The van der Waals surface area contributed by atoms with Crippen LogP contribution in [0.4, 0.5) is 0 Å². The average Bonchev–Trinajstić information content (AvgIpc) is 2.52. The van der Waals surface area contributed by atoms with E-state index in [2.05, 4.69) is 10.4 Å². The van der Waals surface area contributed by atoms with Gasteiger partial charge in [0.1, 0.15) is 0 Å². The zero-order valence-corrected chi connectivity index (χ0v) is 12.6. The van der Waals surface area contributed by atoms with Crippen molar-refractivity contribution in [3.63, 3.8) is 0 Å². The van der Waals surface area contributed by atoms with Crippen molar-refractivity contribution in [3.05, 3.63) is 76.0 Å². The zero-order valence-electron chi connectivity index (χ0n) is 11.1. The first-order valence-electron chi connectivity index (χ1n) is 6.45. The van der Waals surface area contributed by atoms with Gasteiger partial charge in [0.25, 0.3) is 0 Å². The predicted octanol–water partition coefficient (Wildman–Crippen LogP) is 4.09. The fraction of sp³-hybridized carbons (Fsp3) is 0.0625. The fourth-order valence-corrected chi connectivity index (χ4v) is 2.90. The molecule has 0 amide bonds. The molecule has 0 spiro atoms. The van der Waals surface area contributed by atoms with Crippen molar-refractivity contribution in [1.29, 1.82) is 0 Å². The smallest absolute Gasteiger partial charge is 0.0731 e. The Labute approximate surface area is 132 Å². The molecule has 0 aliphatic rings. The van der Waals surface area contributed by atoms with E-state index in [0.717, 1.165) is 21.9 Å². The number of hydrogen-bond donors (Lipinski definition) is 2. The van der Waals surface area contributed by atoms with Crippen LogP contribution in [0.2, 0.25) is 10.0 Å². The molecule has 106 valence electrons. The molecule has 3 aromatic rings. The van der Waals surface area contributed by atoms with Crippen molar-refractivity contribution >= 4 is 34.0 Å². The third-order valence-electron chi connectivity index (χ3n) is 3.49. The lowest BCUT2D eigenvalue weighted by Gasteiger charge is -2.20. The molecule has 2 aromatic carbocycles. The van der Waals surface area contributed by atoms with Gasteiger partial charge in [0, 0.05) is 17.8 Å². The van der Waals surface area contributed by atoms with Crippen LogP contribution in [-0.2, 0) is 0 Å². The Morgan fingerprint density at radius 2 is 1.76 bits per heavy atom. The van der Waals surface area contributed by atoms with Crippen LogP contribution < -0.4 is 11.3 Å². The number of halogens is 2. The highest BCUT2D eigenvalue weighted by atomic mass is 35.5. The van der Waals surface area contributed by atoms with E-state index in [1.54, 1.807) is 12.3 Å². The first-order valence-corrected chi connectivity index (χ1v) is 7.20. The summed E-state index contributed by atoms with van der Waals surface area (Å²) in [5.74, 6) is 5.77. The standard InChI is InChI=1S/C16H13Cl2N3/c17-14-6-2-5-12(15(14)18)16(21-19)11-4-1-3-10-7-8-20-9-13(10)11/h1-9,16,21H,19H2. The van der Waals surface area contributed by atoms with Crippen molar-refractivity contribution < 1.29 is 0 Å². The molecule has 3 rings (SSSR count). The summed E-state index contributed by atoms with van der Waals surface area (Å²) in [4.78, 5) is 4.20. The van der Waals surface area contributed by atoms with Gasteiger partial charge in [-0.15, -0.1) is 0 Å². The van der Waals surface area contributed by atoms with E-state index < -0.39 is 0 Å².